The Morgan fingerprint density at radius 1 is 0.962 bits per heavy atom. The number of pyridine rings is 1. The highest BCUT2D eigenvalue weighted by Crippen LogP contribution is 2.19. The summed E-state index contributed by atoms with van der Waals surface area (Å²) in [6.45, 7) is 2.02. The van der Waals surface area contributed by atoms with Gasteiger partial charge in [0.05, 0.1) is 0 Å². The second-order valence-corrected chi connectivity index (χ2v) is 6.63. The molecule has 1 N–H and O–H groups in total. The highest BCUT2D eigenvalue weighted by molar-refractivity contribution is 7.81. The summed E-state index contributed by atoms with van der Waals surface area (Å²) in [6.07, 6.45) is 3.60. The Morgan fingerprint density at radius 2 is 1.58 bits per heavy atom. The lowest BCUT2D eigenvalue weighted by atomic mass is 10.1. The zero-order valence-corrected chi connectivity index (χ0v) is 15.7. The summed E-state index contributed by atoms with van der Waals surface area (Å²) in [5.74, 6) is -0.178. The molecule has 0 unspecified atom stereocenters. The molecular weight excluding hydrogens is 364 g/mol. The molecular formula is C21H17ClN2OS. The third-order valence-corrected chi connectivity index (χ3v) is 4.37. The summed E-state index contributed by atoms with van der Waals surface area (Å²) in [5.41, 5.74) is 2.89. The Hall–Kier alpha value is -2.69. The minimum Gasteiger partial charge on any atom is -0.867 e. The summed E-state index contributed by atoms with van der Waals surface area (Å²) in [7, 11) is 0. The normalized spacial score (nSPS) is 11.6. The molecule has 0 spiro atoms. The standard InChI is InChI=1S/C21H17ClN2OS/c1-15-5-11-18(12-6-15)23-21(26)19(24-13-3-2-4-14-24)20(25)16-7-9-17(22)10-8-16/h2-14H,1H3,(H-,23,25,26). The molecule has 0 aliphatic heterocycles. The van der Waals surface area contributed by atoms with Gasteiger partial charge in [0.2, 0.25) is 5.70 Å². The highest BCUT2D eigenvalue weighted by atomic mass is 35.5. The minimum atomic E-state index is -0.178. The van der Waals surface area contributed by atoms with E-state index in [1.54, 1.807) is 41.2 Å². The SMILES string of the molecule is Cc1ccc(NC(=S)/C(=C(\[O-])c2ccc(Cl)cc2)[n+]2ccccc2)cc1. The van der Waals surface area contributed by atoms with Gasteiger partial charge in [-0.2, -0.15) is 4.57 Å². The van der Waals surface area contributed by atoms with E-state index in [4.69, 9.17) is 23.8 Å². The van der Waals surface area contributed by atoms with Gasteiger partial charge in [-0.25, -0.2) is 0 Å². The van der Waals surface area contributed by atoms with Crippen LogP contribution >= 0.6 is 23.8 Å². The summed E-state index contributed by atoms with van der Waals surface area (Å²) < 4.78 is 1.72. The molecule has 1 aromatic heterocycles. The van der Waals surface area contributed by atoms with Gasteiger partial charge in [-0.15, -0.1) is 0 Å². The van der Waals surface area contributed by atoms with Gasteiger partial charge in [-0.1, -0.05) is 59.7 Å². The van der Waals surface area contributed by atoms with Crippen molar-refractivity contribution in [1.82, 2.24) is 0 Å². The van der Waals surface area contributed by atoms with Gasteiger partial charge in [-0.3, -0.25) is 0 Å². The largest absolute Gasteiger partial charge is 0.867 e. The van der Waals surface area contributed by atoms with Crippen molar-refractivity contribution in [3.8, 4) is 0 Å². The van der Waals surface area contributed by atoms with Crippen LogP contribution in [-0.4, -0.2) is 4.99 Å². The second kappa shape index (κ2) is 8.13. The summed E-state index contributed by atoms with van der Waals surface area (Å²) in [5, 5.41) is 16.8. The number of nitrogens with zero attached hydrogens (tertiary/aromatic N) is 1. The fourth-order valence-electron chi connectivity index (χ4n) is 2.45. The maximum absolute atomic E-state index is 13.1. The Labute approximate surface area is 163 Å². The van der Waals surface area contributed by atoms with Crippen molar-refractivity contribution in [2.45, 2.75) is 6.92 Å². The highest BCUT2D eigenvalue weighted by Gasteiger charge is 2.18. The van der Waals surface area contributed by atoms with Gasteiger partial charge in [0.25, 0.3) is 0 Å². The van der Waals surface area contributed by atoms with Crippen LogP contribution in [0.2, 0.25) is 5.02 Å². The van der Waals surface area contributed by atoms with Crippen molar-refractivity contribution in [3.63, 3.8) is 0 Å². The van der Waals surface area contributed by atoms with Crippen LogP contribution in [0.3, 0.4) is 0 Å². The van der Waals surface area contributed by atoms with E-state index >= 15 is 0 Å². The fourth-order valence-corrected chi connectivity index (χ4v) is 2.89. The predicted octanol–water partition coefficient (Wildman–Crippen LogP) is 4.06. The van der Waals surface area contributed by atoms with Crippen molar-refractivity contribution in [1.29, 1.82) is 0 Å². The number of halogens is 1. The monoisotopic (exact) mass is 380 g/mol. The first-order valence-corrected chi connectivity index (χ1v) is 8.85. The number of thiocarbonyl (C=S) groups is 1. The first-order valence-electron chi connectivity index (χ1n) is 8.06. The number of hydrogen-bond acceptors (Lipinski definition) is 2. The molecule has 0 aliphatic carbocycles. The van der Waals surface area contributed by atoms with Crippen molar-refractivity contribution in [2.75, 3.05) is 5.32 Å². The second-order valence-electron chi connectivity index (χ2n) is 5.79. The molecule has 0 radical (unpaired) electrons. The van der Waals surface area contributed by atoms with Crippen LogP contribution in [0.25, 0.3) is 11.5 Å². The number of anilines is 1. The van der Waals surface area contributed by atoms with E-state index in [1.807, 2.05) is 49.4 Å². The predicted molar refractivity (Wildman–Crippen MR) is 109 cm³/mol. The molecule has 3 rings (SSSR count). The topological polar surface area (TPSA) is 39.0 Å². The zero-order chi connectivity index (χ0) is 18.5. The average Bonchev–Trinajstić information content (AvgIpc) is 2.65. The molecule has 3 aromatic rings. The molecule has 0 saturated carbocycles. The molecule has 0 amide bonds. The minimum absolute atomic E-state index is 0.178. The van der Waals surface area contributed by atoms with Gasteiger partial charge in [0, 0.05) is 22.8 Å². The van der Waals surface area contributed by atoms with E-state index in [9.17, 15) is 5.11 Å². The van der Waals surface area contributed by atoms with E-state index < -0.39 is 0 Å². The van der Waals surface area contributed by atoms with E-state index in [-0.39, 0.29) is 5.76 Å². The number of rotatable bonds is 4. The number of aryl methyl sites for hydroxylation is 1. The van der Waals surface area contributed by atoms with E-state index in [0.717, 1.165) is 11.3 Å². The van der Waals surface area contributed by atoms with Crippen LogP contribution in [0.15, 0.2) is 79.1 Å². The number of aromatic nitrogens is 1. The van der Waals surface area contributed by atoms with Crippen LogP contribution in [0, 0.1) is 6.92 Å². The molecule has 1 heterocycles. The Bertz CT molecular complexity index is 936. The quantitative estimate of drug-likeness (QED) is 0.321. The third-order valence-electron chi connectivity index (χ3n) is 3.82. The van der Waals surface area contributed by atoms with Gasteiger partial charge in [0.15, 0.2) is 17.4 Å². The van der Waals surface area contributed by atoms with Gasteiger partial charge < -0.3 is 10.4 Å². The molecule has 130 valence electrons. The first-order chi connectivity index (χ1) is 12.5. The van der Waals surface area contributed by atoms with E-state index in [1.165, 1.54) is 0 Å². The number of hydrogen-bond donors (Lipinski definition) is 1. The van der Waals surface area contributed by atoms with Crippen molar-refractivity contribution < 1.29 is 9.67 Å². The fraction of sp³-hybridized carbons (Fsp3) is 0.0476. The molecule has 0 bridgehead atoms. The van der Waals surface area contributed by atoms with Gasteiger partial charge in [-0.05, 0) is 42.5 Å². The van der Waals surface area contributed by atoms with Crippen molar-refractivity contribution >= 4 is 46.0 Å². The van der Waals surface area contributed by atoms with E-state index in [2.05, 4.69) is 5.32 Å². The van der Waals surface area contributed by atoms with Gasteiger partial charge in [0.1, 0.15) is 0 Å². The summed E-state index contributed by atoms with van der Waals surface area (Å²) in [4.78, 5) is 0.352. The Morgan fingerprint density at radius 3 is 2.19 bits per heavy atom. The molecule has 2 aromatic carbocycles. The lowest BCUT2D eigenvalue weighted by molar-refractivity contribution is -0.577. The zero-order valence-electron chi connectivity index (χ0n) is 14.1. The number of benzene rings is 2. The van der Waals surface area contributed by atoms with Crippen LogP contribution in [0.1, 0.15) is 11.1 Å². The first kappa shape index (κ1) is 18.1. The number of nitrogens with one attached hydrogen (secondary N) is 1. The average molecular weight is 381 g/mol. The molecule has 3 nitrogen and oxygen atoms in total. The maximum atomic E-state index is 13.1. The molecule has 0 aliphatic rings. The lowest BCUT2D eigenvalue weighted by Gasteiger charge is -2.17. The van der Waals surface area contributed by atoms with Crippen LogP contribution in [0.4, 0.5) is 5.69 Å². The molecule has 26 heavy (non-hydrogen) atoms. The summed E-state index contributed by atoms with van der Waals surface area (Å²) >= 11 is 11.5. The van der Waals surface area contributed by atoms with Crippen LogP contribution < -0.4 is 15.0 Å². The van der Waals surface area contributed by atoms with Gasteiger partial charge >= 0.3 is 0 Å². The maximum Gasteiger partial charge on any atom is 0.238 e. The van der Waals surface area contributed by atoms with Crippen LogP contribution in [-0.2, 0) is 0 Å². The summed E-state index contributed by atoms with van der Waals surface area (Å²) in [6, 6.07) is 20.2. The Kier molecular flexibility index (Phi) is 5.66. The molecule has 0 atom stereocenters. The third kappa shape index (κ3) is 4.28. The molecule has 0 saturated heterocycles. The van der Waals surface area contributed by atoms with E-state index in [0.29, 0.717) is 21.3 Å². The van der Waals surface area contributed by atoms with Crippen LogP contribution in [0.5, 0.6) is 0 Å². The smallest absolute Gasteiger partial charge is 0.238 e. The van der Waals surface area contributed by atoms with Crippen molar-refractivity contribution in [3.05, 3.63) is 95.3 Å². The lowest BCUT2D eigenvalue weighted by Crippen LogP contribution is -2.39. The molecule has 5 heteroatoms. The Balaban J connectivity index is 2.03. The molecule has 0 fully saturated rings. The van der Waals surface area contributed by atoms with Crippen molar-refractivity contribution in [2.24, 2.45) is 0 Å².